The van der Waals surface area contributed by atoms with Gasteiger partial charge in [-0.05, 0) is 34.6 Å². The Balaban J connectivity index is 4.56. The maximum atomic E-state index is 11.8. The second kappa shape index (κ2) is 6.38. The smallest absolute Gasteiger partial charge is 0.408 e. The molecule has 2 amide bonds. The normalized spacial score (nSPS) is 13.1. The van der Waals surface area contributed by atoms with Gasteiger partial charge in [0.25, 0.3) is 0 Å². The molecule has 0 saturated carbocycles. The molecule has 0 unspecified atom stereocenters. The van der Waals surface area contributed by atoms with Crippen LogP contribution in [0.15, 0.2) is 0 Å². The van der Waals surface area contributed by atoms with Crippen molar-refractivity contribution in [2.75, 3.05) is 6.61 Å². The SMILES string of the molecule is CC(C)(C#N)NC(=O)[C@H](CO)NC(=O)OC(C)(C)C. The standard InChI is InChI=1S/C12H21N3O4/c1-11(2,3)19-10(18)14-8(6-16)9(17)15-12(4,5)7-13/h8,16H,6H2,1-5H3,(H,14,18)(H,15,17)/t8-/m0/s1. The van der Waals surface area contributed by atoms with Crippen LogP contribution in [-0.2, 0) is 9.53 Å². The summed E-state index contributed by atoms with van der Waals surface area (Å²) < 4.78 is 4.97. The summed E-state index contributed by atoms with van der Waals surface area (Å²) in [5, 5.41) is 22.5. The molecule has 3 N–H and O–H groups in total. The van der Waals surface area contributed by atoms with Crippen LogP contribution in [0.1, 0.15) is 34.6 Å². The largest absolute Gasteiger partial charge is 0.444 e. The van der Waals surface area contributed by atoms with Gasteiger partial charge in [-0.3, -0.25) is 4.79 Å². The lowest BCUT2D eigenvalue weighted by atomic mass is 10.1. The number of rotatable bonds is 4. The summed E-state index contributed by atoms with van der Waals surface area (Å²) in [6.45, 7) is 7.46. The highest BCUT2D eigenvalue weighted by Gasteiger charge is 2.27. The molecular formula is C12H21N3O4. The predicted molar refractivity (Wildman–Crippen MR) is 68.1 cm³/mol. The summed E-state index contributed by atoms with van der Waals surface area (Å²) in [5.74, 6) is -0.653. The van der Waals surface area contributed by atoms with E-state index in [0.29, 0.717) is 0 Å². The first-order valence-electron chi connectivity index (χ1n) is 5.84. The Morgan fingerprint density at radius 1 is 1.32 bits per heavy atom. The van der Waals surface area contributed by atoms with Crippen molar-refractivity contribution >= 4 is 12.0 Å². The topological polar surface area (TPSA) is 111 Å². The molecule has 7 nitrogen and oxygen atoms in total. The lowest BCUT2D eigenvalue weighted by molar-refractivity contribution is -0.125. The molecule has 0 rings (SSSR count). The fourth-order valence-electron chi connectivity index (χ4n) is 1.07. The quantitative estimate of drug-likeness (QED) is 0.680. The van der Waals surface area contributed by atoms with Crippen molar-refractivity contribution in [1.82, 2.24) is 10.6 Å². The number of aliphatic hydroxyl groups excluding tert-OH is 1. The maximum absolute atomic E-state index is 11.8. The maximum Gasteiger partial charge on any atom is 0.408 e. The molecule has 0 aromatic carbocycles. The number of carbonyl (C=O) groups is 2. The number of amides is 2. The summed E-state index contributed by atoms with van der Waals surface area (Å²) in [6, 6.07) is 0.721. The Morgan fingerprint density at radius 3 is 2.21 bits per heavy atom. The second-order valence-corrected chi connectivity index (χ2v) is 5.61. The first kappa shape index (κ1) is 17.2. The van der Waals surface area contributed by atoms with Gasteiger partial charge in [0, 0.05) is 0 Å². The van der Waals surface area contributed by atoms with E-state index < -0.39 is 35.8 Å². The van der Waals surface area contributed by atoms with Crippen LogP contribution in [0.5, 0.6) is 0 Å². The zero-order valence-corrected chi connectivity index (χ0v) is 11.9. The predicted octanol–water partition coefficient (Wildman–Crippen LogP) is 0.290. The number of hydrogen-bond donors (Lipinski definition) is 3. The van der Waals surface area contributed by atoms with Crippen molar-refractivity contribution < 1.29 is 19.4 Å². The van der Waals surface area contributed by atoms with E-state index in [4.69, 9.17) is 15.1 Å². The lowest BCUT2D eigenvalue weighted by Crippen LogP contribution is -2.54. The van der Waals surface area contributed by atoms with Crippen molar-refractivity contribution in [3.8, 4) is 6.07 Å². The van der Waals surface area contributed by atoms with Crippen LogP contribution < -0.4 is 10.6 Å². The van der Waals surface area contributed by atoms with Gasteiger partial charge in [-0.15, -0.1) is 0 Å². The molecule has 0 radical (unpaired) electrons. The third-order valence-electron chi connectivity index (χ3n) is 1.91. The van der Waals surface area contributed by atoms with Gasteiger partial charge in [0.2, 0.25) is 5.91 Å². The fourth-order valence-corrected chi connectivity index (χ4v) is 1.07. The third-order valence-corrected chi connectivity index (χ3v) is 1.91. The van der Waals surface area contributed by atoms with Gasteiger partial charge in [0.05, 0.1) is 12.7 Å². The van der Waals surface area contributed by atoms with Gasteiger partial charge in [0.15, 0.2) is 0 Å². The van der Waals surface area contributed by atoms with E-state index in [1.165, 1.54) is 13.8 Å². The van der Waals surface area contributed by atoms with Crippen LogP contribution in [0.25, 0.3) is 0 Å². The van der Waals surface area contributed by atoms with Crippen LogP contribution in [-0.4, -0.2) is 40.9 Å². The van der Waals surface area contributed by atoms with Gasteiger partial charge in [-0.2, -0.15) is 5.26 Å². The number of alkyl carbamates (subject to hydrolysis) is 1. The molecule has 0 aliphatic carbocycles. The summed E-state index contributed by atoms with van der Waals surface area (Å²) in [6.07, 6.45) is -0.809. The van der Waals surface area contributed by atoms with Gasteiger partial charge in [-0.25, -0.2) is 4.79 Å². The monoisotopic (exact) mass is 271 g/mol. The van der Waals surface area contributed by atoms with E-state index >= 15 is 0 Å². The van der Waals surface area contributed by atoms with Gasteiger partial charge in [-0.1, -0.05) is 0 Å². The minimum atomic E-state index is -1.16. The number of nitriles is 1. The van der Waals surface area contributed by atoms with Crippen LogP contribution in [0.2, 0.25) is 0 Å². The van der Waals surface area contributed by atoms with E-state index in [0.717, 1.165) is 0 Å². The minimum absolute atomic E-state index is 0.591. The van der Waals surface area contributed by atoms with Gasteiger partial charge >= 0.3 is 6.09 Å². The number of aliphatic hydroxyl groups is 1. The average molecular weight is 271 g/mol. The highest BCUT2D eigenvalue weighted by atomic mass is 16.6. The number of hydrogen-bond acceptors (Lipinski definition) is 5. The van der Waals surface area contributed by atoms with Crippen LogP contribution in [0.3, 0.4) is 0 Å². The summed E-state index contributed by atoms with van der Waals surface area (Å²) in [4.78, 5) is 23.2. The van der Waals surface area contributed by atoms with E-state index in [2.05, 4.69) is 10.6 Å². The molecule has 19 heavy (non-hydrogen) atoms. The van der Waals surface area contributed by atoms with Crippen LogP contribution in [0.4, 0.5) is 4.79 Å². The molecule has 108 valence electrons. The zero-order chi connectivity index (χ0) is 15.3. The summed E-state index contributed by atoms with van der Waals surface area (Å²) in [7, 11) is 0. The first-order chi connectivity index (χ1) is 8.50. The number of ether oxygens (including phenoxy) is 1. The minimum Gasteiger partial charge on any atom is -0.444 e. The lowest BCUT2D eigenvalue weighted by Gasteiger charge is -2.24. The Kier molecular flexibility index (Phi) is 5.78. The zero-order valence-electron chi connectivity index (χ0n) is 11.9. The molecule has 0 aromatic rings. The van der Waals surface area contributed by atoms with E-state index in [-0.39, 0.29) is 0 Å². The molecule has 0 heterocycles. The van der Waals surface area contributed by atoms with Crippen LogP contribution >= 0.6 is 0 Å². The number of nitrogens with zero attached hydrogens (tertiary/aromatic N) is 1. The molecule has 0 bridgehead atoms. The Morgan fingerprint density at radius 2 is 1.84 bits per heavy atom. The Hall–Kier alpha value is -1.81. The van der Waals surface area contributed by atoms with Crippen molar-refractivity contribution in [3.05, 3.63) is 0 Å². The van der Waals surface area contributed by atoms with Crippen molar-refractivity contribution in [2.45, 2.75) is 51.8 Å². The number of nitrogens with one attached hydrogen (secondary N) is 2. The second-order valence-electron chi connectivity index (χ2n) is 5.61. The number of carbonyl (C=O) groups excluding carboxylic acids is 2. The Bertz CT molecular complexity index is 379. The highest BCUT2D eigenvalue weighted by molar-refractivity contribution is 5.86. The van der Waals surface area contributed by atoms with Crippen LogP contribution in [0, 0.1) is 11.3 Å². The van der Waals surface area contributed by atoms with Gasteiger partial charge < -0.3 is 20.5 Å². The molecule has 0 aliphatic rings. The molecule has 0 saturated heterocycles. The first-order valence-corrected chi connectivity index (χ1v) is 5.84. The highest BCUT2D eigenvalue weighted by Crippen LogP contribution is 2.07. The van der Waals surface area contributed by atoms with Crippen molar-refractivity contribution in [3.63, 3.8) is 0 Å². The fraction of sp³-hybridized carbons (Fsp3) is 0.750. The molecule has 1 atom stereocenters. The third kappa shape index (κ3) is 7.26. The van der Waals surface area contributed by atoms with E-state index in [1.54, 1.807) is 20.8 Å². The summed E-state index contributed by atoms with van der Waals surface area (Å²) in [5.41, 5.74) is -1.79. The molecular weight excluding hydrogens is 250 g/mol. The molecule has 0 aromatic heterocycles. The molecule has 0 aliphatic heterocycles. The van der Waals surface area contributed by atoms with Crippen molar-refractivity contribution in [2.24, 2.45) is 0 Å². The van der Waals surface area contributed by atoms with E-state index in [1.807, 2.05) is 6.07 Å². The molecule has 0 spiro atoms. The Labute approximate surface area is 112 Å². The molecule has 0 fully saturated rings. The average Bonchev–Trinajstić information content (AvgIpc) is 2.22. The van der Waals surface area contributed by atoms with E-state index in [9.17, 15) is 9.59 Å². The molecule has 7 heteroatoms. The van der Waals surface area contributed by atoms with Crippen molar-refractivity contribution in [1.29, 1.82) is 5.26 Å². The van der Waals surface area contributed by atoms with Gasteiger partial charge in [0.1, 0.15) is 17.2 Å². The summed E-state index contributed by atoms with van der Waals surface area (Å²) >= 11 is 0.